The van der Waals surface area contributed by atoms with Crippen LogP contribution >= 0.6 is 11.6 Å². The minimum absolute atomic E-state index is 0.0206. The number of hydrogen-bond donors (Lipinski definition) is 1. The van der Waals surface area contributed by atoms with Gasteiger partial charge in [-0.05, 0) is 26.0 Å². The number of halogens is 3. The lowest BCUT2D eigenvalue weighted by atomic mass is 10.1. The Morgan fingerprint density at radius 2 is 1.71 bits per heavy atom. The first-order chi connectivity index (χ1) is 14.8. The van der Waals surface area contributed by atoms with Gasteiger partial charge < -0.3 is 24.4 Å². The minimum Gasteiger partial charge on any atom is -0.494 e. The fourth-order valence-corrected chi connectivity index (χ4v) is 4.23. The Morgan fingerprint density at radius 3 is 2.29 bits per heavy atom. The predicted octanol–water partition coefficient (Wildman–Crippen LogP) is 2.34. The van der Waals surface area contributed by atoms with E-state index in [9.17, 15) is 0 Å². The number of ether oxygens (including phenoxy) is 3. The Labute approximate surface area is 184 Å². The van der Waals surface area contributed by atoms with Crippen LogP contribution in [-0.4, -0.2) is 50.0 Å². The van der Waals surface area contributed by atoms with Crippen LogP contribution in [0.3, 0.4) is 0 Å². The Morgan fingerprint density at radius 1 is 1.10 bits per heavy atom. The van der Waals surface area contributed by atoms with Gasteiger partial charge in [-0.1, -0.05) is 11.6 Å². The third-order valence-corrected chi connectivity index (χ3v) is 5.58. The summed E-state index contributed by atoms with van der Waals surface area (Å²) >= 11 is 6.28. The van der Waals surface area contributed by atoms with Crippen LogP contribution in [0.15, 0.2) is 12.1 Å². The minimum atomic E-state index is -0.842. The maximum Gasteiger partial charge on any atom is 0.177 e. The molecule has 0 saturated carbocycles. The second-order valence-electron chi connectivity index (χ2n) is 7.66. The molecule has 1 saturated heterocycles. The number of benzene rings is 1. The largest absolute Gasteiger partial charge is 0.494 e. The van der Waals surface area contributed by atoms with Crippen LogP contribution < -0.4 is 30.1 Å². The number of pyridine rings is 1. The number of nitrogens with one attached hydrogen (secondary N) is 1. The summed E-state index contributed by atoms with van der Waals surface area (Å²) in [6.07, 6.45) is 3.52. The van der Waals surface area contributed by atoms with Crippen LogP contribution in [0.25, 0.3) is 23.5 Å². The summed E-state index contributed by atoms with van der Waals surface area (Å²) in [5.41, 5.74) is -0.594. The van der Waals surface area contributed by atoms with Crippen LogP contribution in [0, 0.1) is 11.6 Å². The smallest absolute Gasteiger partial charge is 0.177 e. The van der Waals surface area contributed by atoms with Gasteiger partial charge >= 0.3 is 0 Å². The average molecular weight is 452 g/mol. The maximum absolute atomic E-state index is 15.2. The summed E-state index contributed by atoms with van der Waals surface area (Å²) in [4.78, 5) is 6.76. The number of alkyl halides is 1. The van der Waals surface area contributed by atoms with E-state index < -0.39 is 17.1 Å². The van der Waals surface area contributed by atoms with Crippen molar-refractivity contribution in [2.24, 2.45) is 0 Å². The zero-order valence-corrected chi connectivity index (χ0v) is 18.5. The second kappa shape index (κ2) is 8.51. The van der Waals surface area contributed by atoms with E-state index in [4.69, 9.17) is 30.8 Å². The van der Waals surface area contributed by atoms with Gasteiger partial charge in [-0.2, -0.15) is 0 Å². The summed E-state index contributed by atoms with van der Waals surface area (Å²) in [5.74, 6) is -1.34. The Hall–Kier alpha value is -2.58. The molecule has 166 valence electrons. The highest BCUT2D eigenvalue weighted by molar-refractivity contribution is 6.24. The van der Waals surface area contributed by atoms with Gasteiger partial charge in [0.15, 0.2) is 23.1 Å². The number of fused-ring (bicyclic) bond motifs is 1. The van der Waals surface area contributed by atoms with E-state index in [1.807, 2.05) is 19.9 Å². The third-order valence-electron chi connectivity index (χ3n) is 5.33. The lowest BCUT2D eigenvalue weighted by Gasteiger charge is -2.36. The molecule has 2 aliphatic heterocycles. The molecule has 1 aromatic heterocycles. The molecule has 0 amide bonds. The monoisotopic (exact) mass is 451 g/mol. The Kier molecular flexibility index (Phi) is 5.94. The Bertz CT molecular complexity index is 1090. The van der Waals surface area contributed by atoms with Gasteiger partial charge in [-0.25, -0.2) is 13.8 Å². The van der Waals surface area contributed by atoms with Crippen molar-refractivity contribution in [1.82, 2.24) is 10.3 Å². The molecule has 31 heavy (non-hydrogen) atoms. The zero-order valence-electron chi connectivity index (χ0n) is 17.7. The molecular weight excluding hydrogens is 428 g/mol. The molecule has 9 heteroatoms. The molecule has 3 atom stereocenters. The molecule has 0 bridgehead atoms. The highest BCUT2D eigenvalue weighted by Gasteiger charge is 2.27. The van der Waals surface area contributed by atoms with Gasteiger partial charge in [-0.15, -0.1) is 0 Å². The van der Waals surface area contributed by atoms with Crippen molar-refractivity contribution < 1.29 is 23.0 Å². The van der Waals surface area contributed by atoms with E-state index in [1.54, 1.807) is 12.3 Å². The van der Waals surface area contributed by atoms with E-state index in [2.05, 4.69) is 10.2 Å². The average Bonchev–Trinajstić information content (AvgIpc) is 2.73. The maximum atomic E-state index is 15.2. The first-order valence-electron chi connectivity index (χ1n) is 9.96. The number of methoxy groups -OCH3 is 2. The van der Waals surface area contributed by atoms with E-state index in [1.165, 1.54) is 20.3 Å². The van der Waals surface area contributed by atoms with Crippen LogP contribution in [0.5, 0.6) is 11.5 Å². The molecule has 6 nitrogen and oxygen atoms in total. The SMILES string of the molecule is COc1cc(OC)c(F)c(-c2cc3c(c(N4CC(C)OC(C)C4)n2)=CC(Cl)NC=3)c1F. The molecule has 0 spiro atoms. The van der Waals surface area contributed by atoms with Gasteiger partial charge in [0, 0.05) is 35.8 Å². The van der Waals surface area contributed by atoms with Crippen LogP contribution in [0.2, 0.25) is 0 Å². The number of anilines is 1. The van der Waals surface area contributed by atoms with Gasteiger partial charge in [-0.3, -0.25) is 0 Å². The first-order valence-corrected chi connectivity index (χ1v) is 10.4. The molecule has 3 heterocycles. The van der Waals surface area contributed by atoms with Crippen molar-refractivity contribution in [3.8, 4) is 22.8 Å². The van der Waals surface area contributed by atoms with Crippen molar-refractivity contribution >= 4 is 29.7 Å². The van der Waals surface area contributed by atoms with E-state index >= 15 is 8.78 Å². The van der Waals surface area contributed by atoms with Gasteiger partial charge in [0.1, 0.15) is 11.3 Å². The molecule has 0 aliphatic carbocycles. The number of hydrogen-bond acceptors (Lipinski definition) is 6. The van der Waals surface area contributed by atoms with Crippen molar-refractivity contribution in [3.05, 3.63) is 34.2 Å². The molecule has 3 unspecified atom stereocenters. The van der Waals surface area contributed by atoms with Crippen molar-refractivity contribution in [2.75, 3.05) is 32.2 Å². The van der Waals surface area contributed by atoms with E-state index in [0.717, 1.165) is 10.4 Å². The van der Waals surface area contributed by atoms with Crippen LogP contribution in [0.4, 0.5) is 14.6 Å². The molecule has 1 fully saturated rings. The number of morpholine rings is 1. The quantitative estimate of drug-likeness (QED) is 0.569. The van der Waals surface area contributed by atoms with Crippen molar-refractivity contribution in [1.29, 1.82) is 0 Å². The van der Waals surface area contributed by atoms with Gasteiger partial charge in [0.25, 0.3) is 0 Å². The van der Waals surface area contributed by atoms with Gasteiger partial charge in [0.2, 0.25) is 0 Å². The van der Waals surface area contributed by atoms with Gasteiger partial charge in [0.05, 0.1) is 37.7 Å². The number of aromatic nitrogens is 1. The second-order valence-corrected chi connectivity index (χ2v) is 8.13. The normalized spacial score (nSPS) is 22.7. The summed E-state index contributed by atoms with van der Waals surface area (Å²) in [7, 11) is 2.63. The summed E-state index contributed by atoms with van der Waals surface area (Å²) in [5, 5.41) is 4.55. The lowest BCUT2D eigenvalue weighted by Crippen LogP contribution is -2.50. The topological polar surface area (TPSA) is 55.9 Å². The molecule has 2 aromatic rings. The van der Waals surface area contributed by atoms with Crippen LogP contribution in [0.1, 0.15) is 13.8 Å². The van der Waals surface area contributed by atoms with E-state index in [0.29, 0.717) is 18.9 Å². The molecule has 0 radical (unpaired) electrons. The summed E-state index contributed by atoms with van der Waals surface area (Å²) < 4.78 is 46.4. The lowest BCUT2D eigenvalue weighted by molar-refractivity contribution is -0.00551. The van der Waals surface area contributed by atoms with E-state index in [-0.39, 0.29) is 35.0 Å². The molecule has 4 rings (SSSR count). The van der Waals surface area contributed by atoms with Crippen molar-refractivity contribution in [2.45, 2.75) is 31.6 Å². The van der Waals surface area contributed by atoms with Crippen molar-refractivity contribution in [3.63, 3.8) is 0 Å². The highest BCUT2D eigenvalue weighted by Crippen LogP contribution is 2.37. The molecule has 2 aliphatic rings. The first kappa shape index (κ1) is 21.6. The van der Waals surface area contributed by atoms with Crippen LogP contribution in [-0.2, 0) is 4.74 Å². The summed E-state index contributed by atoms with van der Waals surface area (Å²) in [6.45, 7) is 5.14. The Balaban J connectivity index is 1.98. The molecule has 1 N–H and O–H groups in total. The highest BCUT2D eigenvalue weighted by atomic mass is 35.5. The molecular formula is C22H24ClF2N3O3. The standard InChI is InChI=1S/C22H24ClF2N3O3/c1-11-9-28(10-12(2)31-11)22-14-6-18(23)26-8-13(14)5-15(27-22)19-20(24)16(29-3)7-17(30-4)21(19)25/h5-8,11-12,18,26H,9-10H2,1-4H3. The fourth-order valence-electron chi connectivity index (χ4n) is 4.05. The third kappa shape index (κ3) is 4.02. The predicted molar refractivity (Wildman–Crippen MR) is 116 cm³/mol. The summed E-state index contributed by atoms with van der Waals surface area (Å²) in [6, 6.07) is 2.80. The zero-order chi connectivity index (χ0) is 22.3. The molecule has 1 aromatic carbocycles. The number of nitrogens with zero attached hydrogens (tertiary/aromatic N) is 2. The fraction of sp³-hybridized carbons (Fsp3) is 0.409. The number of rotatable bonds is 4.